The Morgan fingerprint density at radius 3 is 2.42 bits per heavy atom. The molecule has 0 atom stereocenters. The lowest BCUT2D eigenvalue weighted by Gasteiger charge is -2.38. The molecule has 0 spiro atoms. The van der Waals surface area contributed by atoms with Crippen LogP contribution in [0.2, 0.25) is 0 Å². The van der Waals surface area contributed by atoms with E-state index in [2.05, 4.69) is 53.1 Å². The summed E-state index contributed by atoms with van der Waals surface area (Å²) in [4.78, 5) is 44.8. The minimum absolute atomic E-state index is 0.00361. The molecule has 0 N–H and O–H groups in total. The molecule has 5 rings (SSSR count). The number of ether oxygens (including phenoxy) is 1. The van der Waals surface area contributed by atoms with Crippen molar-refractivity contribution >= 4 is 34.1 Å². The molecular weight excluding hydrogens is 542 g/mol. The number of hydrogen-bond donors (Lipinski definition) is 0. The van der Waals surface area contributed by atoms with E-state index in [1.807, 2.05) is 30.0 Å². The van der Waals surface area contributed by atoms with E-state index in [1.165, 1.54) is 22.0 Å². The summed E-state index contributed by atoms with van der Waals surface area (Å²) in [7, 11) is 7.44. The molecule has 0 bridgehead atoms. The van der Waals surface area contributed by atoms with E-state index in [0.29, 0.717) is 38.7 Å². The predicted octanol–water partition coefficient (Wildman–Crippen LogP) is 3.12. The third-order valence-electron chi connectivity index (χ3n) is 8.12. The van der Waals surface area contributed by atoms with Gasteiger partial charge in [0.05, 0.1) is 18.7 Å². The van der Waals surface area contributed by atoms with Gasteiger partial charge in [-0.05, 0) is 44.5 Å². The third-order valence-corrected chi connectivity index (χ3v) is 8.12. The number of amides is 2. The molecule has 10 nitrogen and oxygen atoms in total. The van der Waals surface area contributed by atoms with E-state index in [-0.39, 0.29) is 24.8 Å². The number of rotatable bonds is 9. The van der Waals surface area contributed by atoms with Gasteiger partial charge in [0.1, 0.15) is 12.4 Å². The van der Waals surface area contributed by atoms with Crippen LogP contribution in [-0.2, 0) is 22.6 Å². The van der Waals surface area contributed by atoms with Crippen LogP contribution in [-0.4, -0.2) is 111 Å². The predicted molar refractivity (Wildman–Crippen MR) is 171 cm³/mol. The number of aromatic nitrogens is 2. The molecule has 1 aromatic heterocycles. The summed E-state index contributed by atoms with van der Waals surface area (Å²) in [6.07, 6.45) is 4.64. The quantitative estimate of drug-likeness (QED) is 0.354. The standard InChI is InChI=1S/C33H43N7O3/c1-24-9-6-10-25-11-7-12-28(31(24)25)40-17-14-26-27(23-40)34-33(43-22-15-29(41)37(4)5)35-32(26)39-20-18-38(19-21-39)30(42)13-8-16-36(2)3/h6-13H,14-23H2,1-5H3/b13-8+. The van der Waals surface area contributed by atoms with Crippen LogP contribution >= 0.6 is 0 Å². The first-order valence-corrected chi connectivity index (χ1v) is 15.0. The van der Waals surface area contributed by atoms with Crippen molar-refractivity contribution in [3.63, 3.8) is 0 Å². The second-order valence-electron chi connectivity index (χ2n) is 11.7. The van der Waals surface area contributed by atoms with Crippen molar-refractivity contribution in [3.05, 3.63) is 65.4 Å². The topological polar surface area (TPSA) is 85.4 Å². The summed E-state index contributed by atoms with van der Waals surface area (Å²) in [5.74, 6) is 0.917. The number of carbonyl (C=O) groups excluding carboxylic acids is 2. The molecule has 228 valence electrons. The Bertz CT molecular complexity index is 1490. The van der Waals surface area contributed by atoms with Gasteiger partial charge in [0.25, 0.3) is 0 Å². The number of piperazine rings is 1. The summed E-state index contributed by atoms with van der Waals surface area (Å²) >= 11 is 0. The van der Waals surface area contributed by atoms with Crippen LogP contribution in [0.5, 0.6) is 6.01 Å². The fourth-order valence-corrected chi connectivity index (χ4v) is 5.75. The third kappa shape index (κ3) is 7.07. The van der Waals surface area contributed by atoms with E-state index in [9.17, 15) is 9.59 Å². The summed E-state index contributed by atoms with van der Waals surface area (Å²) in [6, 6.07) is 13.2. The number of benzene rings is 2. The highest BCUT2D eigenvalue weighted by Crippen LogP contribution is 2.35. The molecule has 0 radical (unpaired) electrons. The highest BCUT2D eigenvalue weighted by molar-refractivity contribution is 5.97. The molecule has 1 fully saturated rings. The Morgan fingerprint density at radius 1 is 0.953 bits per heavy atom. The van der Waals surface area contributed by atoms with E-state index >= 15 is 0 Å². The zero-order chi connectivity index (χ0) is 30.5. The van der Waals surface area contributed by atoms with Crippen molar-refractivity contribution < 1.29 is 14.3 Å². The smallest absolute Gasteiger partial charge is 0.318 e. The highest BCUT2D eigenvalue weighted by Gasteiger charge is 2.29. The zero-order valence-electron chi connectivity index (χ0n) is 26.0. The number of nitrogens with zero attached hydrogens (tertiary/aromatic N) is 7. The summed E-state index contributed by atoms with van der Waals surface area (Å²) < 4.78 is 5.99. The lowest BCUT2D eigenvalue weighted by atomic mass is 9.99. The average Bonchev–Trinajstić information content (AvgIpc) is 3.00. The summed E-state index contributed by atoms with van der Waals surface area (Å²) in [5, 5.41) is 2.49. The van der Waals surface area contributed by atoms with Gasteiger partial charge in [-0.1, -0.05) is 36.4 Å². The second-order valence-corrected chi connectivity index (χ2v) is 11.7. The number of fused-ring (bicyclic) bond motifs is 2. The molecule has 0 saturated carbocycles. The molecule has 2 aromatic carbocycles. The van der Waals surface area contributed by atoms with Crippen LogP contribution < -0.4 is 14.5 Å². The Balaban J connectivity index is 1.39. The minimum atomic E-state index is -0.00361. The fourth-order valence-electron chi connectivity index (χ4n) is 5.75. The molecule has 2 aliphatic rings. The number of aryl methyl sites for hydroxylation is 1. The molecule has 0 aliphatic carbocycles. The maximum absolute atomic E-state index is 12.7. The van der Waals surface area contributed by atoms with Crippen LogP contribution in [0.3, 0.4) is 0 Å². The Morgan fingerprint density at radius 2 is 1.70 bits per heavy atom. The van der Waals surface area contributed by atoms with Gasteiger partial charge in [0, 0.05) is 76.1 Å². The SMILES string of the molecule is Cc1cccc2cccc(N3CCc4c(nc(OCCC(=O)N(C)C)nc4N4CCN(C(=O)/C=C/CN(C)C)CC4)C3)c12. The normalized spacial score (nSPS) is 15.3. The van der Waals surface area contributed by atoms with Gasteiger partial charge in [-0.2, -0.15) is 9.97 Å². The van der Waals surface area contributed by atoms with Crippen molar-refractivity contribution in [2.75, 3.05) is 83.9 Å². The van der Waals surface area contributed by atoms with Crippen molar-refractivity contribution in [1.29, 1.82) is 0 Å². The van der Waals surface area contributed by atoms with Crippen LogP contribution in [0, 0.1) is 6.92 Å². The molecular formula is C33H43N7O3. The maximum atomic E-state index is 12.7. The van der Waals surface area contributed by atoms with Crippen LogP contribution in [0.4, 0.5) is 11.5 Å². The molecule has 3 aromatic rings. The molecule has 43 heavy (non-hydrogen) atoms. The zero-order valence-corrected chi connectivity index (χ0v) is 26.0. The van der Waals surface area contributed by atoms with Crippen molar-refractivity contribution in [1.82, 2.24) is 24.7 Å². The molecule has 0 unspecified atom stereocenters. The number of likely N-dealkylation sites (N-methyl/N-ethyl adjacent to an activating group) is 1. The first kappa shape index (κ1) is 30.3. The maximum Gasteiger partial charge on any atom is 0.318 e. The Kier molecular flexibility index (Phi) is 9.45. The van der Waals surface area contributed by atoms with Gasteiger partial charge in [-0.3, -0.25) is 9.59 Å². The van der Waals surface area contributed by atoms with E-state index in [4.69, 9.17) is 14.7 Å². The van der Waals surface area contributed by atoms with E-state index in [0.717, 1.165) is 36.6 Å². The lowest BCUT2D eigenvalue weighted by molar-refractivity contribution is -0.129. The molecule has 3 heterocycles. The Hall–Kier alpha value is -4.18. The highest BCUT2D eigenvalue weighted by atomic mass is 16.5. The van der Waals surface area contributed by atoms with Gasteiger partial charge in [-0.25, -0.2) is 0 Å². The van der Waals surface area contributed by atoms with E-state index in [1.54, 1.807) is 25.1 Å². The van der Waals surface area contributed by atoms with Crippen molar-refractivity contribution in [2.24, 2.45) is 0 Å². The lowest BCUT2D eigenvalue weighted by Crippen LogP contribution is -2.49. The Labute approximate surface area is 254 Å². The number of carbonyl (C=O) groups is 2. The van der Waals surface area contributed by atoms with Crippen LogP contribution in [0.15, 0.2) is 48.6 Å². The van der Waals surface area contributed by atoms with Gasteiger partial charge in [0.15, 0.2) is 0 Å². The van der Waals surface area contributed by atoms with Crippen LogP contribution in [0.1, 0.15) is 23.2 Å². The largest absolute Gasteiger partial charge is 0.463 e. The van der Waals surface area contributed by atoms with Gasteiger partial charge < -0.3 is 29.2 Å². The van der Waals surface area contributed by atoms with Gasteiger partial charge in [0.2, 0.25) is 11.8 Å². The first-order chi connectivity index (χ1) is 20.7. The van der Waals surface area contributed by atoms with Crippen LogP contribution in [0.25, 0.3) is 10.8 Å². The van der Waals surface area contributed by atoms with Gasteiger partial charge in [-0.15, -0.1) is 0 Å². The second kappa shape index (κ2) is 13.4. The first-order valence-electron chi connectivity index (χ1n) is 15.0. The monoisotopic (exact) mass is 585 g/mol. The molecule has 1 saturated heterocycles. The fraction of sp³-hybridized carbons (Fsp3) is 0.455. The number of anilines is 2. The van der Waals surface area contributed by atoms with Gasteiger partial charge >= 0.3 is 6.01 Å². The van der Waals surface area contributed by atoms with E-state index < -0.39 is 0 Å². The molecule has 2 aliphatic heterocycles. The molecule has 2 amide bonds. The summed E-state index contributed by atoms with van der Waals surface area (Å²) in [6.45, 7) is 7.21. The average molecular weight is 586 g/mol. The number of hydrogen-bond acceptors (Lipinski definition) is 8. The summed E-state index contributed by atoms with van der Waals surface area (Å²) in [5.41, 5.74) is 4.53. The van der Waals surface area contributed by atoms with Crippen molar-refractivity contribution in [2.45, 2.75) is 26.3 Å². The minimum Gasteiger partial charge on any atom is -0.463 e. The molecule has 10 heteroatoms. The van der Waals surface area contributed by atoms with Crippen molar-refractivity contribution in [3.8, 4) is 6.01 Å².